The predicted molar refractivity (Wildman–Crippen MR) is 76.0 cm³/mol. The van der Waals surface area contributed by atoms with Gasteiger partial charge in [0.2, 0.25) is 0 Å². The third-order valence-electron chi connectivity index (χ3n) is 2.66. The van der Waals surface area contributed by atoms with Crippen LogP contribution in [-0.2, 0) is 0 Å². The molecule has 0 aliphatic carbocycles. The summed E-state index contributed by atoms with van der Waals surface area (Å²) in [7, 11) is 1.73. The molecule has 5 heteroatoms. The highest BCUT2D eigenvalue weighted by Crippen LogP contribution is 2.39. The first-order valence-electron chi connectivity index (χ1n) is 5.35. The van der Waals surface area contributed by atoms with Crippen LogP contribution in [0.1, 0.15) is 15.2 Å². The summed E-state index contributed by atoms with van der Waals surface area (Å²) in [5.74, 6) is -0.923. The number of aromatic carboxylic acids is 1. The van der Waals surface area contributed by atoms with E-state index in [0.29, 0.717) is 15.6 Å². The summed E-state index contributed by atoms with van der Waals surface area (Å²) in [6.45, 7) is 1.92. The van der Waals surface area contributed by atoms with Crippen molar-refractivity contribution in [1.82, 2.24) is 0 Å². The van der Waals surface area contributed by atoms with Crippen LogP contribution in [0.2, 0.25) is 5.02 Å². The van der Waals surface area contributed by atoms with Gasteiger partial charge in [0.05, 0.1) is 0 Å². The maximum Gasteiger partial charge on any atom is 0.339 e. The lowest BCUT2D eigenvalue weighted by Gasteiger charge is -2.04. The van der Waals surface area contributed by atoms with Crippen molar-refractivity contribution in [2.45, 2.75) is 6.92 Å². The van der Waals surface area contributed by atoms with Crippen molar-refractivity contribution in [3.63, 3.8) is 0 Å². The number of anilines is 1. The molecular formula is C13H12ClNO2S. The maximum atomic E-state index is 11.4. The summed E-state index contributed by atoms with van der Waals surface area (Å²) < 4.78 is 0. The fraction of sp³-hybridized carbons (Fsp3) is 0.154. The van der Waals surface area contributed by atoms with E-state index < -0.39 is 5.97 Å². The fourth-order valence-electron chi connectivity index (χ4n) is 1.89. The summed E-state index contributed by atoms with van der Waals surface area (Å²) in [6.07, 6.45) is 0. The molecule has 0 bridgehead atoms. The van der Waals surface area contributed by atoms with E-state index in [9.17, 15) is 9.90 Å². The molecular weight excluding hydrogens is 270 g/mol. The van der Waals surface area contributed by atoms with Gasteiger partial charge in [-0.05, 0) is 24.6 Å². The lowest BCUT2D eigenvalue weighted by Crippen LogP contribution is -2.01. The van der Waals surface area contributed by atoms with Gasteiger partial charge in [-0.1, -0.05) is 23.7 Å². The molecule has 3 nitrogen and oxygen atoms in total. The van der Waals surface area contributed by atoms with Crippen molar-refractivity contribution < 1.29 is 9.90 Å². The summed E-state index contributed by atoms with van der Waals surface area (Å²) in [5, 5.41) is 13.6. The van der Waals surface area contributed by atoms with Gasteiger partial charge in [0, 0.05) is 22.5 Å². The van der Waals surface area contributed by atoms with E-state index in [0.717, 1.165) is 16.0 Å². The molecule has 2 N–H and O–H groups in total. The van der Waals surface area contributed by atoms with E-state index >= 15 is 0 Å². The Balaban J connectivity index is 2.66. The molecule has 0 spiro atoms. The van der Waals surface area contributed by atoms with Gasteiger partial charge in [-0.15, -0.1) is 11.3 Å². The number of rotatable bonds is 3. The predicted octanol–water partition coefficient (Wildman–Crippen LogP) is 4.12. The van der Waals surface area contributed by atoms with Gasteiger partial charge in [0.25, 0.3) is 0 Å². The first kappa shape index (κ1) is 12.9. The highest BCUT2D eigenvalue weighted by Gasteiger charge is 2.21. The number of hydrogen-bond acceptors (Lipinski definition) is 3. The van der Waals surface area contributed by atoms with Crippen LogP contribution in [0.25, 0.3) is 11.1 Å². The van der Waals surface area contributed by atoms with Crippen molar-refractivity contribution in [2.75, 3.05) is 12.4 Å². The Morgan fingerprint density at radius 1 is 1.33 bits per heavy atom. The minimum atomic E-state index is -0.923. The zero-order valence-electron chi connectivity index (χ0n) is 9.95. The quantitative estimate of drug-likeness (QED) is 0.890. The topological polar surface area (TPSA) is 49.3 Å². The largest absolute Gasteiger partial charge is 0.478 e. The van der Waals surface area contributed by atoms with Crippen molar-refractivity contribution >= 4 is 33.9 Å². The molecule has 2 aromatic rings. The summed E-state index contributed by atoms with van der Waals surface area (Å²) in [4.78, 5) is 12.4. The molecule has 0 fully saturated rings. The van der Waals surface area contributed by atoms with Crippen molar-refractivity contribution in [2.24, 2.45) is 0 Å². The van der Waals surface area contributed by atoms with Crippen molar-refractivity contribution in [3.8, 4) is 11.1 Å². The standard InChI is InChI=1S/C13H12ClNO2S/c1-7-10(8-3-5-9(14)6-4-8)11(13(16)17)12(15-2)18-7/h3-6,15H,1-2H3,(H,16,17). The third kappa shape index (κ3) is 2.21. The molecule has 0 unspecified atom stereocenters. The molecule has 18 heavy (non-hydrogen) atoms. The van der Waals surface area contributed by atoms with Gasteiger partial charge < -0.3 is 10.4 Å². The smallest absolute Gasteiger partial charge is 0.339 e. The average Bonchev–Trinajstić information content (AvgIpc) is 2.67. The highest BCUT2D eigenvalue weighted by atomic mass is 35.5. The lowest BCUT2D eigenvalue weighted by atomic mass is 10.0. The Morgan fingerprint density at radius 3 is 2.44 bits per heavy atom. The molecule has 0 atom stereocenters. The molecule has 94 valence electrons. The van der Waals surface area contributed by atoms with Gasteiger partial charge in [-0.3, -0.25) is 0 Å². The molecule has 2 rings (SSSR count). The molecule has 0 aliphatic rings. The van der Waals surface area contributed by atoms with Crippen molar-refractivity contribution in [1.29, 1.82) is 0 Å². The normalized spacial score (nSPS) is 10.4. The Morgan fingerprint density at radius 2 is 1.94 bits per heavy atom. The van der Waals surface area contributed by atoms with E-state index in [-0.39, 0.29) is 0 Å². The Bertz CT molecular complexity index is 590. The average molecular weight is 282 g/mol. The number of benzene rings is 1. The molecule has 1 aromatic carbocycles. The zero-order chi connectivity index (χ0) is 13.3. The molecule has 0 radical (unpaired) electrons. The van der Waals surface area contributed by atoms with Gasteiger partial charge >= 0.3 is 5.97 Å². The molecule has 0 saturated carbocycles. The van der Waals surface area contributed by atoms with E-state index in [1.807, 2.05) is 19.1 Å². The molecule has 1 aromatic heterocycles. The van der Waals surface area contributed by atoms with Crippen LogP contribution in [0.15, 0.2) is 24.3 Å². The van der Waals surface area contributed by atoms with Crippen molar-refractivity contribution in [3.05, 3.63) is 39.7 Å². The highest BCUT2D eigenvalue weighted by molar-refractivity contribution is 7.17. The Hall–Kier alpha value is -1.52. The van der Waals surface area contributed by atoms with Crippen LogP contribution in [0, 0.1) is 6.92 Å². The summed E-state index contributed by atoms with van der Waals surface area (Å²) in [5.41, 5.74) is 1.95. The fourth-order valence-corrected chi connectivity index (χ4v) is 3.04. The number of thiophene rings is 1. The van der Waals surface area contributed by atoms with Crippen LogP contribution in [0.4, 0.5) is 5.00 Å². The molecule has 0 aliphatic heterocycles. The number of halogens is 1. The van der Waals surface area contributed by atoms with E-state index in [4.69, 9.17) is 11.6 Å². The third-order valence-corrected chi connectivity index (χ3v) is 4.03. The number of nitrogens with one attached hydrogen (secondary N) is 1. The van der Waals surface area contributed by atoms with Gasteiger partial charge in [0.15, 0.2) is 0 Å². The van der Waals surface area contributed by atoms with Crippen LogP contribution >= 0.6 is 22.9 Å². The Kier molecular flexibility index (Phi) is 3.59. The summed E-state index contributed by atoms with van der Waals surface area (Å²) in [6, 6.07) is 7.20. The second-order valence-corrected chi connectivity index (χ2v) is 5.46. The number of carboxylic acids is 1. The van der Waals surface area contributed by atoms with E-state index in [2.05, 4.69) is 5.32 Å². The number of carbonyl (C=O) groups is 1. The lowest BCUT2D eigenvalue weighted by molar-refractivity contribution is 0.0699. The molecule has 1 heterocycles. The van der Waals surface area contributed by atoms with Crippen LogP contribution < -0.4 is 5.32 Å². The monoisotopic (exact) mass is 281 g/mol. The first-order chi connectivity index (χ1) is 8.54. The van der Waals surface area contributed by atoms with Crippen LogP contribution in [0.5, 0.6) is 0 Å². The molecule has 0 saturated heterocycles. The van der Waals surface area contributed by atoms with Crippen LogP contribution in [0.3, 0.4) is 0 Å². The number of carboxylic acid groups (broad SMARTS) is 1. The van der Waals surface area contributed by atoms with Gasteiger partial charge in [-0.2, -0.15) is 0 Å². The number of hydrogen-bond donors (Lipinski definition) is 2. The zero-order valence-corrected chi connectivity index (χ0v) is 11.5. The van der Waals surface area contributed by atoms with E-state index in [1.54, 1.807) is 19.2 Å². The maximum absolute atomic E-state index is 11.4. The SMILES string of the molecule is CNc1sc(C)c(-c2ccc(Cl)cc2)c1C(=O)O. The second-order valence-electron chi connectivity index (χ2n) is 3.80. The summed E-state index contributed by atoms with van der Waals surface area (Å²) >= 11 is 7.29. The minimum Gasteiger partial charge on any atom is -0.478 e. The van der Waals surface area contributed by atoms with Gasteiger partial charge in [-0.25, -0.2) is 4.79 Å². The first-order valence-corrected chi connectivity index (χ1v) is 6.54. The van der Waals surface area contributed by atoms with Gasteiger partial charge in [0.1, 0.15) is 10.6 Å². The molecule has 0 amide bonds. The van der Waals surface area contributed by atoms with Crippen LogP contribution in [-0.4, -0.2) is 18.1 Å². The second kappa shape index (κ2) is 5.00. The number of aryl methyl sites for hydroxylation is 1. The Labute approximate surface area is 114 Å². The minimum absolute atomic E-state index is 0.322. The van der Waals surface area contributed by atoms with E-state index in [1.165, 1.54) is 11.3 Å².